The molecule has 2 rings (SSSR count). The summed E-state index contributed by atoms with van der Waals surface area (Å²) in [5, 5.41) is 9.27. The predicted octanol–water partition coefficient (Wildman–Crippen LogP) is 2.61. The summed E-state index contributed by atoms with van der Waals surface area (Å²) in [4.78, 5) is 22.5. The molecule has 0 aliphatic heterocycles. The first-order valence-corrected chi connectivity index (χ1v) is 6.06. The molecule has 0 aliphatic carbocycles. The SMILES string of the molecule is COc1cccc(-n2c(C)c(C=O)c(C(=O)O)c2C)c1. The molecule has 1 aromatic carbocycles. The molecule has 0 bridgehead atoms. The molecule has 1 aromatic heterocycles. The third kappa shape index (κ3) is 2.07. The Labute approximate surface area is 116 Å². The van der Waals surface area contributed by atoms with Gasteiger partial charge in [-0.2, -0.15) is 0 Å². The average molecular weight is 273 g/mol. The van der Waals surface area contributed by atoms with Crippen molar-refractivity contribution in [1.29, 1.82) is 0 Å². The van der Waals surface area contributed by atoms with Crippen molar-refractivity contribution in [2.45, 2.75) is 13.8 Å². The van der Waals surface area contributed by atoms with E-state index in [2.05, 4.69) is 0 Å². The van der Waals surface area contributed by atoms with E-state index in [0.717, 1.165) is 5.69 Å². The van der Waals surface area contributed by atoms with Crippen LogP contribution in [0.3, 0.4) is 0 Å². The molecule has 2 aromatic rings. The van der Waals surface area contributed by atoms with Crippen molar-refractivity contribution >= 4 is 12.3 Å². The second-order valence-electron chi connectivity index (χ2n) is 4.42. The van der Waals surface area contributed by atoms with Gasteiger partial charge < -0.3 is 14.4 Å². The van der Waals surface area contributed by atoms with Gasteiger partial charge in [-0.3, -0.25) is 4.79 Å². The van der Waals surface area contributed by atoms with Gasteiger partial charge >= 0.3 is 5.97 Å². The zero-order valence-electron chi connectivity index (χ0n) is 11.5. The number of methoxy groups -OCH3 is 1. The Bertz CT molecular complexity index is 685. The lowest BCUT2D eigenvalue weighted by Gasteiger charge is -2.10. The Kier molecular flexibility index (Phi) is 3.61. The van der Waals surface area contributed by atoms with Gasteiger partial charge in [0.15, 0.2) is 6.29 Å². The molecule has 0 saturated heterocycles. The van der Waals surface area contributed by atoms with E-state index in [4.69, 9.17) is 4.74 Å². The minimum atomic E-state index is -1.10. The van der Waals surface area contributed by atoms with Gasteiger partial charge in [0.05, 0.1) is 18.2 Å². The maximum absolute atomic E-state index is 11.3. The number of hydrogen-bond acceptors (Lipinski definition) is 3. The fourth-order valence-corrected chi connectivity index (χ4v) is 2.41. The number of benzene rings is 1. The second-order valence-corrected chi connectivity index (χ2v) is 4.42. The Balaban J connectivity index is 2.74. The molecule has 0 aliphatic rings. The van der Waals surface area contributed by atoms with Gasteiger partial charge in [-0.15, -0.1) is 0 Å². The number of aldehydes is 1. The van der Waals surface area contributed by atoms with Crippen molar-refractivity contribution in [2.75, 3.05) is 7.11 Å². The van der Waals surface area contributed by atoms with Gasteiger partial charge in [0, 0.05) is 23.1 Å². The lowest BCUT2D eigenvalue weighted by Crippen LogP contribution is -2.03. The average Bonchev–Trinajstić information content (AvgIpc) is 2.69. The monoisotopic (exact) mass is 273 g/mol. The van der Waals surface area contributed by atoms with Crippen LogP contribution in [0.4, 0.5) is 0 Å². The van der Waals surface area contributed by atoms with Crippen LogP contribution in [0.5, 0.6) is 5.75 Å². The van der Waals surface area contributed by atoms with Crippen LogP contribution in [0.25, 0.3) is 5.69 Å². The normalized spacial score (nSPS) is 10.3. The first-order chi connectivity index (χ1) is 9.51. The zero-order valence-corrected chi connectivity index (χ0v) is 11.5. The predicted molar refractivity (Wildman–Crippen MR) is 74.1 cm³/mol. The van der Waals surface area contributed by atoms with E-state index < -0.39 is 5.97 Å². The third-order valence-corrected chi connectivity index (χ3v) is 3.33. The van der Waals surface area contributed by atoms with Gasteiger partial charge in [-0.25, -0.2) is 4.79 Å². The smallest absolute Gasteiger partial charge is 0.338 e. The van der Waals surface area contributed by atoms with Crippen molar-refractivity contribution in [1.82, 2.24) is 4.57 Å². The number of aromatic carboxylic acids is 1. The first kappa shape index (κ1) is 13.9. The maximum atomic E-state index is 11.3. The highest BCUT2D eigenvalue weighted by Gasteiger charge is 2.23. The number of carbonyl (C=O) groups is 2. The van der Waals surface area contributed by atoms with Crippen molar-refractivity contribution in [2.24, 2.45) is 0 Å². The van der Waals surface area contributed by atoms with Crippen LogP contribution in [0, 0.1) is 13.8 Å². The van der Waals surface area contributed by atoms with E-state index >= 15 is 0 Å². The molecule has 0 atom stereocenters. The molecule has 5 nitrogen and oxygen atoms in total. The number of hydrogen-bond donors (Lipinski definition) is 1. The summed E-state index contributed by atoms with van der Waals surface area (Å²) >= 11 is 0. The van der Waals surface area contributed by atoms with Gasteiger partial charge in [0.1, 0.15) is 5.75 Å². The fraction of sp³-hybridized carbons (Fsp3) is 0.200. The second kappa shape index (κ2) is 5.21. The largest absolute Gasteiger partial charge is 0.497 e. The highest BCUT2D eigenvalue weighted by atomic mass is 16.5. The van der Waals surface area contributed by atoms with Crippen LogP contribution in [0.15, 0.2) is 24.3 Å². The summed E-state index contributed by atoms with van der Waals surface area (Å²) in [5.74, 6) is -0.436. The number of ether oxygens (including phenoxy) is 1. The van der Waals surface area contributed by atoms with Crippen LogP contribution < -0.4 is 4.74 Å². The van der Waals surface area contributed by atoms with Crippen LogP contribution in [-0.2, 0) is 0 Å². The summed E-state index contributed by atoms with van der Waals surface area (Å²) in [7, 11) is 1.56. The number of aromatic nitrogens is 1. The molecule has 0 amide bonds. The van der Waals surface area contributed by atoms with E-state index in [9.17, 15) is 14.7 Å². The van der Waals surface area contributed by atoms with Crippen LogP contribution >= 0.6 is 0 Å². The molecule has 0 radical (unpaired) electrons. The molecular weight excluding hydrogens is 258 g/mol. The van der Waals surface area contributed by atoms with Gasteiger partial charge in [0.25, 0.3) is 0 Å². The number of carboxylic acids is 1. The molecule has 20 heavy (non-hydrogen) atoms. The number of rotatable bonds is 4. The molecule has 0 unspecified atom stereocenters. The number of nitrogens with zero attached hydrogens (tertiary/aromatic N) is 1. The van der Waals surface area contributed by atoms with Crippen molar-refractivity contribution in [3.63, 3.8) is 0 Å². The molecule has 0 spiro atoms. The highest BCUT2D eigenvalue weighted by molar-refractivity contribution is 5.99. The standard InChI is InChI=1S/C15H15NO4/c1-9-13(8-17)14(15(18)19)10(2)16(9)11-5-4-6-12(7-11)20-3/h4-8H,1-3H3,(H,18,19). The van der Waals surface area contributed by atoms with Gasteiger partial charge in [0.2, 0.25) is 0 Å². The third-order valence-electron chi connectivity index (χ3n) is 3.33. The van der Waals surface area contributed by atoms with Crippen molar-refractivity contribution in [3.05, 3.63) is 46.8 Å². The molecule has 104 valence electrons. The minimum absolute atomic E-state index is 0.0420. The van der Waals surface area contributed by atoms with Crippen LogP contribution in [0.2, 0.25) is 0 Å². The van der Waals surface area contributed by atoms with E-state index in [-0.39, 0.29) is 11.1 Å². The Morgan fingerprint density at radius 1 is 1.30 bits per heavy atom. The first-order valence-electron chi connectivity index (χ1n) is 6.06. The molecule has 1 heterocycles. The van der Waals surface area contributed by atoms with E-state index in [1.54, 1.807) is 37.7 Å². The molecular formula is C15H15NO4. The summed E-state index contributed by atoms with van der Waals surface area (Å²) in [6.45, 7) is 3.41. The molecule has 5 heteroatoms. The molecule has 0 fully saturated rings. The van der Waals surface area contributed by atoms with Gasteiger partial charge in [-0.1, -0.05) is 6.07 Å². The Morgan fingerprint density at radius 2 is 2.00 bits per heavy atom. The summed E-state index contributed by atoms with van der Waals surface area (Å²) in [6, 6.07) is 7.24. The Hall–Kier alpha value is -2.56. The molecule has 0 saturated carbocycles. The van der Waals surface area contributed by atoms with Crippen LogP contribution in [0.1, 0.15) is 32.1 Å². The van der Waals surface area contributed by atoms with Crippen LogP contribution in [-0.4, -0.2) is 29.0 Å². The quantitative estimate of drug-likeness (QED) is 0.869. The van der Waals surface area contributed by atoms with Crippen molar-refractivity contribution < 1.29 is 19.4 Å². The number of carbonyl (C=O) groups excluding carboxylic acids is 1. The summed E-state index contributed by atoms with van der Waals surface area (Å²) in [5.41, 5.74) is 2.13. The minimum Gasteiger partial charge on any atom is -0.497 e. The zero-order chi connectivity index (χ0) is 14.9. The fourth-order valence-electron chi connectivity index (χ4n) is 2.41. The topological polar surface area (TPSA) is 68.5 Å². The Morgan fingerprint density at radius 3 is 2.50 bits per heavy atom. The number of carboxylic acid groups (broad SMARTS) is 1. The van der Waals surface area contributed by atoms with E-state index in [0.29, 0.717) is 23.4 Å². The van der Waals surface area contributed by atoms with Crippen molar-refractivity contribution in [3.8, 4) is 11.4 Å². The maximum Gasteiger partial charge on any atom is 0.338 e. The highest BCUT2D eigenvalue weighted by Crippen LogP contribution is 2.26. The lowest BCUT2D eigenvalue weighted by molar-refractivity contribution is 0.0693. The van der Waals surface area contributed by atoms with Gasteiger partial charge in [-0.05, 0) is 26.0 Å². The summed E-state index contributed by atoms with van der Waals surface area (Å²) in [6.07, 6.45) is 0.586. The lowest BCUT2D eigenvalue weighted by atomic mass is 10.1. The van der Waals surface area contributed by atoms with E-state index in [1.807, 2.05) is 12.1 Å². The summed E-state index contributed by atoms with van der Waals surface area (Å²) < 4.78 is 6.91. The molecule has 1 N–H and O–H groups in total. The van der Waals surface area contributed by atoms with E-state index in [1.165, 1.54) is 0 Å².